The largest absolute Gasteiger partial charge is 0.369 e. The average molecular weight is 414 g/mol. The number of benzene rings is 2. The molecule has 148 valence electrons. The lowest BCUT2D eigenvalue weighted by molar-refractivity contribution is -0.115. The molecule has 4 rings (SSSR count). The summed E-state index contributed by atoms with van der Waals surface area (Å²) in [7, 11) is 0. The maximum absolute atomic E-state index is 12.3. The van der Waals surface area contributed by atoms with Crippen LogP contribution in [0, 0.1) is 18.3 Å². The number of aromatic nitrogens is 2. The molecule has 2 N–H and O–H groups in total. The van der Waals surface area contributed by atoms with Crippen molar-refractivity contribution in [1.29, 1.82) is 5.26 Å². The van der Waals surface area contributed by atoms with Crippen molar-refractivity contribution in [3.05, 3.63) is 71.4 Å². The first-order valence-corrected chi connectivity index (χ1v) is 10.3. The number of hydrogen-bond acceptors (Lipinski definition) is 6. The van der Waals surface area contributed by atoms with E-state index < -0.39 is 0 Å². The number of carbonyl (C=O) groups excluding carboxylic acids is 1. The van der Waals surface area contributed by atoms with Crippen LogP contribution in [-0.2, 0) is 4.79 Å². The van der Waals surface area contributed by atoms with E-state index in [1.54, 1.807) is 41.9 Å². The van der Waals surface area contributed by atoms with E-state index in [1.807, 2.05) is 18.2 Å². The summed E-state index contributed by atoms with van der Waals surface area (Å²) in [6, 6.07) is 19.1. The van der Waals surface area contributed by atoms with Gasteiger partial charge >= 0.3 is 0 Å². The van der Waals surface area contributed by atoms with E-state index in [4.69, 9.17) is 5.26 Å². The summed E-state index contributed by atoms with van der Waals surface area (Å²) in [6.07, 6.45) is 1.81. The first kappa shape index (κ1) is 19.6. The number of aryl methyl sites for hydroxylation is 1. The normalized spacial score (nSPS) is 10.5. The molecular formula is C23H19N5OS. The molecule has 0 fully saturated rings. The molecule has 0 atom stereocenters. The van der Waals surface area contributed by atoms with Gasteiger partial charge in [0, 0.05) is 29.1 Å². The number of thiophene rings is 1. The third-order valence-electron chi connectivity index (χ3n) is 4.65. The molecule has 7 heteroatoms. The minimum absolute atomic E-state index is 0.132. The molecule has 0 bridgehead atoms. The summed E-state index contributed by atoms with van der Waals surface area (Å²) in [5.41, 5.74) is 3.37. The monoisotopic (exact) mass is 413 g/mol. The molecule has 0 aliphatic carbocycles. The molecule has 0 unspecified atom stereocenters. The van der Waals surface area contributed by atoms with Crippen molar-refractivity contribution >= 4 is 39.0 Å². The van der Waals surface area contributed by atoms with Crippen LogP contribution in [-0.4, -0.2) is 22.4 Å². The molecule has 1 amide bonds. The number of nitriles is 1. The average Bonchev–Trinajstić information content (AvgIpc) is 3.11. The summed E-state index contributed by atoms with van der Waals surface area (Å²) < 4.78 is 0. The van der Waals surface area contributed by atoms with Crippen LogP contribution in [0.4, 0.5) is 11.5 Å². The van der Waals surface area contributed by atoms with Gasteiger partial charge in [-0.2, -0.15) is 5.26 Å². The molecule has 6 nitrogen and oxygen atoms in total. The molecular weight excluding hydrogens is 394 g/mol. The summed E-state index contributed by atoms with van der Waals surface area (Å²) in [4.78, 5) is 23.2. The summed E-state index contributed by atoms with van der Waals surface area (Å²) in [6.45, 7) is 2.51. The van der Waals surface area contributed by atoms with Gasteiger partial charge in [-0.1, -0.05) is 36.4 Å². The molecule has 0 aliphatic rings. The third kappa shape index (κ3) is 4.14. The smallest absolute Gasteiger partial charge is 0.226 e. The zero-order valence-electron chi connectivity index (χ0n) is 16.3. The minimum Gasteiger partial charge on any atom is -0.369 e. The van der Waals surface area contributed by atoms with Gasteiger partial charge < -0.3 is 10.6 Å². The Balaban J connectivity index is 1.49. The van der Waals surface area contributed by atoms with Crippen molar-refractivity contribution in [3.8, 4) is 17.2 Å². The van der Waals surface area contributed by atoms with Crippen LogP contribution in [0.3, 0.4) is 0 Å². The Labute approximate surface area is 178 Å². The zero-order valence-corrected chi connectivity index (χ0v) is 17.2. The van der Waals surface area contributed by atoms with Gasteiger partial charge in [-0.05, 0) is 30.7 Å². The quantitative estimate of drug-likeness (QED) is 0.465. The SMILES string of the molecule is Cc1sc2ncnc(NCCC(=O)Nc3cccc(C#N)c3)c2c1-c1ccccc1. The Hall–Kier alpha value is -3.76. The van der Waals surface area contributed by atoms with E-state index >= 15 is 0 Å². The van der Waals surface area contributed by atoms with E-state index in [2.05, 4.69) is 45.7 Å². The van der Waals surface area contributed by atoms with Gasteiger partial charge in [0.2, 0.25) is 5.91 Å². The third-order valence-corrected chi connectivity index (χ3v) is 5.66. The summed E-state index contributed by atoms with van der Waals surface area (Å²) in [5.74, 6) is 0.593. The van der Waals surface area contributed by atoms with Gasteiger partial charge in [-0.25, -0.2) is 9.97 Å². The standard InChI is InChI=1S/C23H19N5OS/c1-15-20(17-7-3-2-4-8-17)21-22(26-14-27-23(21)30-15)25-11-10-19(29)28-18-9-5-6-16(12-18)13-24/h2-9,12,14H,10-11H2,1H3,(H,28,29)(H,25,26,27). The van der Waals surface area contributed by atoms with Gasteiger partial charge in [0.15, 0.2) is 0 Å². The van der Waals surface area contributed by atoms with Crippen molar-refractivity contribution in [2.24, 2.45) is 0 Å². The minimum atomic E-state index is -0.132. The molecule has 0 saturated heterocycles. The lowest BCUT2D eigenvalue weighted by atomic mass is 10.0. The second-order valence-electron chi connectivity index (χ2n) is 6.72. The van der Waals surface area contributed by atoms with Crippen LogP contribution in [0.15, 0.2) is 60.9 Å². The molecule has 2 heterocycles. The number of amides is 1. The number of rotatable bonds is 6. The van der Waals surface area contributed by atoms with Gasteiger partial charge in [-0.3, -0.25) is 4.79 Å². The van der Waals surface area contributed by atoms with Gasteiger partial charge in [-0.15, -0.1) is 11.3 Å². The Morgan fingerprint density at radius 2 is 1.97 bits per heavy atom. The van der Waals surface area contributed by atoms with Crippen molar-refractivity contribution in [2.75, 3.05) is 17.2 Å². The fraction of sp³-hybridized carbons (Fsp3) is 0.130. The van der Waals surface area contributed by atoms with E-state index in [0.717, 1.165) is 27.2 Å². The second kappa shape index (κ2) is 8.72. The van der Waals surface area contributed by atoms with Crippen molar-refractivity contribution in [2.45, 2.75) is 13.3 Å². The topological polar surface area (TPSA) is 90.7 Å². The molecule has 2 aromatic heterocycles. The lowest BCUT2D eigenvalue weighted by Gasteiger charge is -2.09. The highest BCUT2D eigenvalue weighted by Crippen LogP contribution is 2.40. The van der Waals surface area contributed by atoms with E-state index in [-0.39, 0.29) is 12.3 Å². The summed E-state index contributed by atoms with van der Waals surface area (Å²) >= 11 is 1.64. The van der Waals surface area contributed by atoms with Crippen molar-refractivity contribution in [3.63, 3.8) is 0 Å². The predicted octanol–water partition coefficient (Wildman–Crippen LogP) is 4.98. The van der Waals surface area contributed by atoms with Crippen LogP contribution in [0.25, 0.3) is 21.3 Å². The Kier molecular flexibility index (Phi) is 5.68. The highest BCUT2D eigenvalue weighted by molar-refractivity contribution is 7.19. The Morgan fingerprint density at radius 1 is 1.13 bits per heavy atom. The first-order chi connectivity index (χ1) is 14.7. The number of anilines is 2. The number of carbonyl (C=O) groups is 1. The predicted molar refractivity (Wildman–Crippen MR) is 120 cm³/mol. The number of nitrogens with zero attached hydrogens (tertiary/aromatic N) is 3. The maximum atomic E-state index is 12.3. The van der Waals surface area contributed by atoms with Crippen LogP contribution < -0.4 is 10.6 Å². The fourth-order valence-electron chi connectivity index (χ4n) is 3.32. The highest BCUT2D eigenvalue weighted by atomic mass is 32.1. The lowest BCUT2D eigenvalue weighted by Crippen LogP contribution is -2.16. The molecule has 0 saturated carbocycles. The molecule has 0 radical (unpaired) electrons. The van der Waals surface area contributed by atoms with E-state index in [1.165, 1.54) is 4.88 Å². The van der Waals surface area contributed by atoms with Gasteiger partial charge in [0.1, 0.15) is 17.0 Å². The Morgan fingerprint density at radius 3 is 2.77 bits per heavy atom. The maximum Gasteiger partial charge on any atom is 0.226 e. The molecule has 0 aliphatic heterocycles. The van der Waals surface area contributed by atoms with Crippen molar-refractivity contribution in [1.82, 2.24) is 9.97 Å². The Bertz CT molecular complexity index is 1240. The molecule has 30 heavy (non-hydrogen) atoms. The number of fused-ring (bicyclic) bond motifs is 1. The van der Waals surface area contributed by atoms with Gasteiger partial charge in [0.25, 0.3) is 0 Å². The fourth-order valence-corrected chi connectivity index (χ4v) is 4.33. The van der Waals surface area contributed by atoms with Crippen LogP contribution in [0.1, 0.15) is 16.9 Å². The molecule has 4 aromatic rings. The van der Waals surface area contributed by atoms with Crippen LogP contribution in [0.5, 0.6) is 0 Å². The van der Waals surface area contributed by atoms with Gasteiger partial charge in [0.05, 0.1) is 17.0 Å². The second-order valence-corrected chi connectivity index (χ2v) is 7.92. The van der Waals surface area contributed by atoms with Crippen molar-refractivity contribution < 1.29 is 4.79 Å². The number of hydrogen-bond donors (Lipinski definition) is 2. The summed E-state index contributed by atoms with van der Waals surface area (Å²) in [5, 5.41) is 16.1. The molecule has 0 spiro atoms. The molecule has 2 aromatic carbocycles. The van der Waals surface area contributed by atoms with E-state index in [9.17, 15) is 4.79 Å². The van der Waals surface area contributed by atoms with E-state index in [0.29, 0.717) is 17.8 Å². The first-order valence-electron chi connectivity index (χ1n) is 9.49. The van der Waals surface area contributed by atoms with Crippen LogP contribution >= 0.6 is 11.3 Å². The van der Waals surface area contributed by atoms with Crippen LogP contribution in [0.2, 0.25) is 0 Å². The highest BCUT2D eigenvalue weighted by Gasteiger charge is 2.16. The zero-order chi connectivity index (χ0) is 20.9. The number of nitrogens with one attached hydrogen (secondary N) is 2.